The predicted octanol–water partition coefficient (Wildman–Crippen LogP) is 3.76. The van der Waals surface area contributed by atoms with Crippen LogP contribution in [-0.4, -0.2) is 22.8 Å². The summed E-state index contributed by atoms with van der Waals surface area (Å²) in [4.78, 5) is 35.8. The number of halogens is 2. The van der Waals surface area contributed by atoms with Crippen LogP contribution in [0.3, 0.4) is 0 Å². The van der Waals surface area contributed by atoms with E-state index in [2.05, 4.69) is 21.5 Å². The molecule has 0 radical (unpaired) electrons. The minimum atomic E-state index is -0.497. The van der Waals surface area contributed by atoms with E-state index < -0.39 is 11.8 Å². The maximum absolute atomic E-state index is 12.0. The lowest BCUT2D eigenvalue weighted by molar-refractivity contribution is -0.124. The highest BCUT2D eigenvalue weighted by molar-refractivity contribution is 7.80. The molecule has 0 fully saturated rings. The lowest BCUT2D eigenvalue weighted by Crippen LogP contribution is -2.48. The Balaban J connectivity index is 1.70. The molecule has 2 rings (SSSR count). The van der Waals surface area contributed by atoms with Gasteiger partial charge in [0.15, 0.2) is 5.11 Å². The fourth-order valence-corrected chi connectivity index (χ4v) is 2.86. The Labute approximate surface area is 195 Å². The van der Waals surface area contributed by atoms with E-state index >= 15 is 0 Å². The normalized spacial score (nSPS) is 10.4. The minimum absolute atomic E-state index is 0.0425. The van der Waals surface area contributed by atoms with Crippen molar-refractivity contribution >= 4 is 70.0 Å². The molecule has 0 bridgehead atoms. The van der Waals surface area contributed by atoms with Crippen molar-refractivity contribution < 1.29 is 14.4 Å². The molecular weight excluding hydrogens is 459 g/mol. The molecule has 0 saturated carbocycles. The summed E-state index contributed by atoms with van der Waals surface area (Å²) in [5.41, 5.74) is 6.73. The molecule has 0 spiro atoms. The molecule has 0 heterocycles. The van der Waals surface area contributed by atoms with Gasteiger partial charge in [0.1, 0.15) is 0 Å². The SMILES string of the molecule is Cc1c(Cl)cccc1NC(=O)CCC(=O)NNC(=S)NC(=O)C=Cc1ccccc1Cl. The molecule has 0 aliphatic rings. The highest BCUT2D eigenvalue weighted by Crippen LogP contribution is 2.23. The number of carbonyl (C=O) groups excluding carboxylic acids is 3. The largest absolute Gasteiger partial charge is 0.326 e. The molecule has 0 aliphatic heterocycles. The van der Waals surface area contributed by atoms with E-state index in [1.165, 1.54) is 6.08 Å². The predicted molar refractivity (Wildman–Crippen MR) is 127 cm³/mol. The monoisotopic (exact) mass is 478 g/mol. The van der Waals surface area contributed by atoms with Gasteiger partial charge in [-0.3, -0.25) is 30.6 Å². The van der Waals surface area contributed by atoms with E-state index in [1.807, 2.05) is 0 Å². The number of amides is 3. The second-order valence-electron chi connectivity index (χ2n) is 6.31. The van der Waals surface area contributed by atoms with Crippen LogP contribution in [0.25, 0.3) is 6.08 Å². The van der Waals surface area contributed by atoms with Gasteiger partial charge in [0.25, 0.3) is 0 Å². The molecule has 31 heavy (non-hydrogen) atoms. The van der Waals surface area contributed by atoms with E-state index in [4.69, 9.17) is 35.4 Å². The zero-order valence-corrected chi connectivity index (χ0v) is 18.8. The Kier molecular flexibility index (Phi) is 9.45. The van der Waals surface area contributed by atoms with Gasteiger partial charge in [0.05, 0.1) is 0 Å². The van der Waals surface area contributed by atoms with Crippen molar-refractivity contribution in [3.63, 3.8) is 0 Å². The van der Waals surface area contributed by atoms with Gasteiger partial charge in [0.2, 0.25) is 17.7 Å². The molecular formula is C21H20Cl2N4O3S. The van der Waals surface area contributed by atoms with Crippen molar-refractivity contribution in [2.24, 2.45) is 0 Å². The summed E-state index contributed by atoms with van der Waals surface area (Å²) >= 11 is 17.0. The highest BCUT2D eigenvalue weighted by atomic mass is 35.5. The van der Waals surface area contributed by atoms with Crippen LogP contribution in [0, 0.1) is 6.92 Å². The lowest BCUT2D eigenvalue weighted by Gasteiger charge is -2.11. The molecule has 3 amide bonds. The smallest absolute Gasteiger partial charge is 0.250 e. The van der Waals surface area contributed by atoms with Crippen LogP contribution in [0.5, 0.6) is 0 Å². The van der Waals surface area contributed by atoms with E-state index in [-0.39, 0.29) is 23.9 Å². The number of hydrogen-bond acceptors (Lipinski definition) is 4. The Bertz CT molecular complexity index is 1030. The van der Waals surface area contributed by atoms with Gasteiger partial charge in [-0.2, -0.15) is 0 Å². The van der Waals surface area contributed by atoms with Crippen LogP contribution < -0.4 is 21.5 Å². The summed E-state index contributed by atoms with van der Waals surface area (Å²) in [6.45, 7) is 1.79. The van der Waals surface area contributed by atoms with Crippen LogP contribution in [0.1, 0.15) is 24.0 Å². The second-order valence-corrected chi connectivity index (χ2v) is 7.53. The van der Waals surface area contributed by atoms with Crippen molar-refractivity contribution in [1.29, 1.82) is 0 Å². The van der Waals surface area contributed by atoms with Crippen LogP contribution in [0.2, 0.25) is 10.0 Å². The van der Waals surface area contributed by atoms with Crippen molar-refractivity contribution in [3.05, 3.63) is 69.7 Å². The number of hydrazine groups is 1. The molecule has 0 atom stereocenters. The molecule has 162 valence electrons. The molecule has 0 aliphatic carbocycles. The first-order chi connectivity index (χ1) is 14.8. The van der Waals surface area contributed by atoms with Crippen molar-refractivity contribution in [3.8, 4) is 0 Å². The third-order valence-electron chi connectivity index (χ3n) is 3.99. The number of anilines is 1. The van der Waals surface area contributed by atoms with Crippen LogP contribution in [-0.2, 0) is 14.4 Å². The van der Waals surface area contributed by atoms with Crippen molar-refractivity contribution in [2.75, 3.05) is 5.32 Å². The Morgan fingerprint density at radius 2 is 1.61 bits per heavy atom. The van der Waals surface area contributed by atoms with Gasteiger partial charge in [0, 0.05) is 34.7 Å². The third kappa shape index (κ3) is 8.37. The van der Waals surface area contributed by atoms with Gasteiger partial charge >= 0.3 is 0 Å². The van der Waals surface area contributed by atoms with E-state index in [1.54, 1.807) is 55.5 Å². The van der Waals surface area contributed by atoms with Gasteiger partial charge in [-0.25, -0.2) is 0 Å². The number of thiocarbonyl (C=S) groups is 1. The maximum Gasteiger partial charge on any atom is 0.250 e. The van der Waals surface area contributed by atoms with Gasteiger partial charge in [-0.1, -0.05) is 47.5 Å². The second kappa shape index (κ2) is 12.0. The van der Waals surface area contributed by atoms with Crippen LogP contribution >= 0.6 is 35.4 Å². The first-order valence-corrected chi connectivity index (χ1v) is 10.3. The van der Waals surface area contributed by atoms with E-state index in [9.17, 15) is 14.4 Å². The molecule has 0 saturated heterocycles. The molecule has 2 aromatic rings. The van der Waals surface area contributed by atoms with Gasteiger partial charge in [-0.05, 0) is 54.5 Å². The Hall–Kier alpha value is -2.94. The number of benzene rings is 2. The Morgan fingerprint density at radius 1 is 0.935 bits per heavy atom. The quantitative estimate of drug-likeness (QED) is 0.287. The molecule has 0 unspecified atom stereocenters. The number of hydrogen-bond donors (Lipinski definition) is 4. The topological polar surface area (TPSA) is 99.3 Å². The summed E-state index contributed by atoms with van der Waals surface area (Å²) in [6, 6.07) is 12.2. The minimum Gasteiger partial charge on any atom is -0.326 e. The third-order valence-corrected chi connectivity index (χ3v) is 4.95. The van der Waals surface area contributed by atoms with Crippen molar-refractivity contribution in [2.45, 2.75) is 19.8 Å². The molecule has 0 aromatic heterocycles. The van der Waals surface area contributed by atoms with Crippen LogP contribution in [0.15, 0.2) is 48.5 Å². The van der Waals surface area contributed by atoms with Crippen LogP contribution in [0.4, 0.5) is 5.69 Å². The standard InChI is InChI=1S/C21H20Cl2N4O3S/c1-13-15(22)7-4-8-17(13)24-18(28)11-12-20(30)26-27-21(31)25-19(29)10-9-14-5-2-3-6-16(14)23/h2-10H,11-12H2,1H3,(H,24,28)(H,26,30)(H2,25,27,29,31). The van der Waals surface area contributed by atoms with Gasteiger partial charge in [-0.15, -0.1) is 0 Å². The summed E-state index contributed by atoms with van der Waals surface area (Å²) in [7, 11) is 0. The average Bonchev–Trinajstić information content (AvgIpc) is 2.73. The summed E-state index contributed by atoms with van der Waals surface area (Å²) in [6.07, 6.45) is 2.68. The number of rotatable bonds is 6. The zero-order chi connectivity index (χ0) is 22.8. The van der Waals surface area contributed by atoms with E-state index in [0.717, 1.165) is 5.56 Å². The fraction of sp³-hybridized carbons (Fsp3) is 0.143. The number of carbonyl (C=O) groups is 3. The maximum atomic E-state index is 12.0. The van der Waals surface area contributed by atoms with Gasteiger partial charge < -0.3 is 5.32 Å². The first kappa shape index (κ1) is 24.3. The summed E-state index contributed by atoms with van der Waals surface area (Å²) < 4.78 is 0. The number of nitrogens with one attached hydrogen (secondary N) is 4. The Morgan fingerprint density at radius 3 is 2.35 bits per heavy atom. The van der Waals surface area contributed by atoms with E-state index in [0.29, 0.717) is 21.3 Å². The average molecular weight is 479 g/mol. The fourth-order valence-electron chi connectivity index (χ4n) is 2.33. The molecule has 7 nitrogen and oxygen atoms in total. The highest BCUT2D eigenvalue weighted by Gasteiger charge is 2.10. The lowest BCUT2D eigenvalue weighted by atomic mass is 10.2. The first-order valence-electron chi connectivity index (χ1n) is 9.13. The summed E-state index contributed by atoms with van der Waals surface area (Å²) in [5, 5.41) is 6.04. The zero-order valence-electron chi connectivity index (χ0n) is 16.5. The molecule has 4 N–H and O–H groups in total. The summed E-state index contributed by atoms with van der Waals surface area (Å²) in [5.74, 6) is -1.30. The molecule has 10 heteroatoms. The molecule has 2 aromatic carbocycles. The van der Waals surface area contributed by atoms with Crippen molar-refractivity contribution in [1.82, 2.24) is 16.2 Å².